The number of benzene rings is 1. The molecule has 166 valence electrons. The minimum absolute atomic E-state index is 0.158. The van der Waals surface area contributed by atoms with E-state index >= 15 is 0 Å². The first-order valence-electron chi connectivity index (χ1n) is 11.2. The SMILES string of the molecule is Cc1ccc(C(CNC(C)C)C(=O)N2CCN(c3ncnc4c3[C@H](C)SC4)CC2)cc1. The number of aryl methyl sites for hydroxylation is 1. The third-order valence-electron chi connectivity index (χ3n) is 6.22. The molecule has 2 aliphatic rings. The first-order chi connectivity index (χ1) is 14.9. The third kappa shape index (κ3) is 4.88. The molecule has 2 aromatic rings. The van der Waals surface area contributed by atoms with E-state index in [0.717, 1.165) is 43.3 Å². The summed E-state index contributed by atoms with van der Waals surface area (Å²) in [5.41, 5.74) is 4.75. The number of hydrogen-bond acceptors (Lipinski definition) is 6. The highest BCUT2D eigenvalue weighted by Gasteiger charge is 2.32. The maximum absolute atomic E-state index is 13.5. The van der Waals surface area contributed by atoms with Crippen molar-refractivity contribution in [1.29, 1.82) is 0 Å². The normalized spacial score (nSPS) is 19.6. The van der Waals surface area contributed by atoms with E-state index in [1.165, 1.54) is 16.8 Å². The number of rotatable bonds is 6. The number of piperazine rings is 1. The predicted molar refractivity (Wildman–Crippen MR) is 128 cm³/mol. The molecule has 1 aromatic heterocycles. The Balaban J connectivity index is 1.46. The predicted octanol–water partition coefficient (Wildman–Crippen LogP) is 3.52. The molecule has 0 aliphatic carbocycles. The summed E-state index contributed by atoms with van der Waals surface area (Å²) in [6, 6.07) is 8.73. The molecule has 31 heavy (non-hydrogen) atoms. The fraction of sp³-hybridized carbons (Fsp3) is 0.542. The third-order valence-corrected chi connectivity index (χ3v) is 7.40. The summed E-state index contributed by atoms with van der Waals surface area (Å²) in [7, 11) is 0. The van der Waals surface area contributed by atoms with Crippen LogP contribution < -0.4 is 10.2 Å². The van der Waals surface area contributed by atoms with Crippen LogP contribution in [-0.2, 0) is 10.5 Å². The number of amides is 1. The van der Waals surface area contributed by atoms with Gasteiger partial charge in [0.15, 0.2) is 0 Å². The van der Waals surface area contributed by atoms with Crippen molar-refractivity contribution in [1.82, 2.24) is 20.2 Å². The molecule has 6 nitrogen and oxygen atoms in total. The van der Waals surface area contributed by atoms with Crippen LogP contribution in [0.2, 0.25) is 0 Å². The van der Waals surface area contributed by atoms with E-state index in [0.29, 0.717) is 17.8 Å². The molecule has 1 saturated heterocycles. The topological polar surface area (TPSA) is 61.4 Å². The molecule has 7 heteroatoms. The maximum atomic E-state index is 13.5. The van der Waals surface area contributed by atoms with Crippen LogP contribution in [0, 0.1) is 6.92 Å². The lowest BCUT2D eigenvalue weighted by Gasteiger charge is -2.38. The second kappa shape index (κ2) is 9.57. The Morgan fingerprint density at radius 3 is 2.55 bits per heavy atom. The van der Waals surface area contributed by atoms with E-state index < -0.39 is 0 Å². The number of thioether (sulfide) groups is 1. The van der Waals surface area contributed by atoms with Crippen LogP contribution in [0.3, 0.4) is 0 Å². The van der Waals surface area contributed by atoms with Crippen molar-refractivity contribution >= 4 is 23.5 Å². The van der Waals surface area contributed by atoms with Crippen LogP contribution in [0.25, 0.3) is 0 Å². The summed E-state index contributed by atoms with van der Waals surface area (Å²) >= 11 is 1.92. The first-order valence-corrected chi connectivity index (χ1v) is 12.3. The monoisotopic (exact) mass is 439 g/mol. The van der Waals surface area contributed by atoms with E-state index in [9.17, 15) is 4.79 Å². The van der Waals surface area contributed by atoms with Crippen molar-refractivity contribution in [3.63, 3.8) is 0 Å². The minimum atomic E-state index is -0.158. The number of hydrogen-bond donors (Lipinski definition) is 1. The Morgan fingerprint density at radius 1 is 1.16 bits per heavy atom. The number of nitrogens with one attached hydrogen (secondary N) is 1. The molecular weight excluding hydrogens is 406 g/mol. The van der Waals surface area contributed by atoms with Crippen LogP contribution in [0.1, 0.15) is 54.3 Å². The Bertz CT molecular complexity index is 909. The van der Waals surface area contributed by atoms with Gasteiger partial charge in [0.25, 0.3) is 0 Å². The zero-order chi connectivity index (χ0) is 22.0. The quantitative estimate of drug-likeness (QED) is 0.743. The fourth-order valence-corrected chi connectivity index (χ4v) is 5.40. The van der Waals surface area contributed by atoms with Gasteiger partial charge in [-0.1, -0.05) is 43.7 Å². The van der Waals surface area contributed by atoms with E-state index in [2.05, 4.69) is 72.1 Å². The largest absolute Gasteiger partial charge is 0.353 e. The second-order valence-electron chi connectivity index (χ2n) is 8.85. The Hall–Kier alpha value is -2.12. The molecule has 3 heterocycles. The van der Waals surface area contributed by atoms with Gasteiger partial charge in [0.2, 0.25) is 5.91 Å². The smallest absolute Gasteiger partial charge is 0.231 e. The van der Waals surface area contributed by atoms with Crippen molar-refractivity contribution in [2.24, 2.45) is 0 Å². The summed E-state index contributed by atoms with van der Waals surface area (Å²) in [5, 5.41) is 3.90. The summed E-state index contributed by atoms with van der Waals surface area (Å²) in [4.78, 5) is 27.0. The number of anilines is 1. The van der Waals surface area contributed by atoms with Gasteiger partial charge in [-0.05, 0) is 19.4 Å². The Kier molecular flexibility index (Phi) is 6.82. The molecule has 2 aliphatic heterocycles. The van der Waals surface area contributed by atoms with Gasteiger partial charge in [0, 0.05) is 55.3 Å². The average Bonchev–Trinajstić information content (AvgIpc) is 3.16. The summed E-state index contributed by atoms with van der Waals surface area (Å²) < 4.78 is 0. The molecule has 0 saturated carbocycles. The molecule has 0 radical (unpaired) electrons. The number of aromatic nitrogens is 2. The minimum Gasteiger partial charge on any atom is -0.353 e. The molecular formula is C24H33N5OS. The van der Waals surface area contributed by atoms with Gasteiger partial charge in [-0.3, -0.25) is 4.79 Å². The summed E-state index contributed by atoms with van der Waals surface area (Å²) in [6.07, 6.45) is 1.69. The van der Waals surface area contributed by atoms with Gasteiger partial charge in [-0.15, -0.1) is 11.8 Å². The molecule has 0 spiro atoms. The molecule has 1 fully saturated rings. The molecule has 1 unspecified atom stereocenters. The van der Waals surface area contributed by atoms with Gasteiger partial charge < -0.3 is 15.1 Å². The lowest BCUT2D eigenvalue weighted by Crippen LogP contribution is -2.51. The number of nitrogens with zero attached hydrogens (tertiary/aromatic N) is 4. The highest BCUT2D eigenvalue weighted by molar-refractivity contribution is 7.99. The zero-order valence-electron chi connectivity index (χ0n) is 19.0. The lowest BCUT2D eigenvalue weighted by atomic mass is 9.95. The molecule has 1 amide bonds. The van der Waals surface area contributed by atoms with Crippen LogP contribution >= 0.6 is 11.8 Å². The summed E-state index contributed by atoms with van der Waals surface area (Å²) in [5.74, 6) is 2.08. The zero-order valence-corrected chi connectivity index (χ0v) is 19.8. The first kappa shape index (κ1) is 22.1. The Morgan fingerprint density at radius 2 is 1.87 bits per heavy atom. The summed E-state index contributed by atoms with van der Waals surface area (Å²) in [6.45, 7) is 12.3. The van der Waals surface area contributed by atoms with Crippen LogP contribution in [0.5, 0.6) is 0 Å². The molecule has 2 atom stereocenters. The van der Waals surface area contributed by atoms with E-state index in [1.54, 1.807) is 6.33 Å². The second-order valence-corrected chi connectivity index (χ2v) is 10.2. The number of carbonyl (C=O) groups excluding carboxylic acids is 1. The van der Waals surface area contributed by atoms with Gasteiger partial charge in [0.05, 0.1) is 11.6 Å². The average molecular weight is 440 g/mol. The van der Waals surface area contributed by atoms with Gasteiger partial charge >= 0.3 is 0 Å². The van der Waals surface area contributed by atoms with Crippen molar-refractivity contribution in [3.05, 3.63) is 53.0 Å². The van der Waals surface area contributed by atoms with E-state index in [4.69, 9.17) is 0 Å². The molecule has 1 N–H and O–H groups in total. The van der Waals surface area contributed by atoms with Crippen molar-refractivity contribution in [2.75, 3.05) is 37.6 Å². The van der Waals surface area contributed by atoms with Gasteiger partial charge in [-0.25, -0.2) is 9.97 Å². The highest BCUT2D eigenvalue weighted by atomic mass is 32.2. The highest BCUT2D eigenvalue weighted by Crippen LogP contribution is 2.44. The van der Waals surface area contributed by atoms with Crippen molar-refractivity contribution in [3.8, 4) is 0 Å². The molecule has 1 aromatic carbocycles. The van der Waals surface area contributed by atoms with Gasteiger partial charge in [-0.2, -0.15) is 0 Å². The number of carbonyl (C=O) groups is 1. The van der Waals surface area contributed by atoms with Crippen LogP contribution in [0.15, 0.2) is 30.6 Å². The standard InChI is InChI=1S/C24H33N5OS/c1-16(2)25-13-20(19-7-5-17(3)6-8-19)24(30)29-11-9-28(10-12-29)23-22-18(4)31-14-21(22)26-15-27-23/h5-8,15-16,18,20,25H,9-14H2,1-4H3/t18-,20?/m0/s1. The Labute approximate surface area is 189 Å². The van der Waals surface area contributed by atoms with E-state index in [-0.39, 0.29) is 11.8 Å². The maximum Gasteiger partial charge on any atom is 0.231 e. The molecule has 4 rings (SSSR count). The van der Waals surface area contributed by atoms with Crippen molar-refractivity contribution < 1.29 is 4.79 Å². The van der Waals surface area contributed by atoms with Crippen LogP contribution in [0.4, 0.5) is 5.82 Å². The molecule has 0 bridgehead atoms. The van der Waals surface area contributed by atoms with Gasteiger partial charge in [0.1, 0.15) is 12.1 Å². The lowest BCUT2D eigenvalue weighted by molar-refractivity contribution is -0.133. The van der Waals surface area contributed by atoms with Crippen LogP contribution in [-0.4, -0.2) is 59.5 Å². The number of fused-ring (bicyclic) bond motifs is 1. The van der Waals surface area contributed by atoms with E-state index in [1.807, 2.05) is 16.7 Å². The van der Waals surface area contributed by atoms with Crippen molar-refractivity contribution in [2.45, 2.75) is 50.7 Å². The fourth-order valence-electron chi connectivity index (χ4n) is 4.35.